The Morgan fingerprint density at radius 1 is 0.271 bits per heavy atom. The van der Waals surface area contributed by atoms with Crippen LogP contribution in [0.3, 0.4) is 0 Å². The molecule has 2 aromatic rings. The molecule has 0 aliphatic carbocycles. The molecule has 1 heterocycles. The van der Waals surface area contributed by atoms with Crippen molar-refractivity contribution in [3.8, 4) is 0 Å². The Hall–Kier alpha value is -1.82. The van der Waals surface area contributed by atoms with Crippen LogP contribution in [0.1, 0.15) is 422 Å². The SMILES string of the molecule is CCCCCCCCCCCCCCCCCCCCCCC[CH2][Pd][CH2]CCCCCCCCCCCCCCCCCCCCCCC.CCCCc1cc(CCCC)cc(C2=CC(CC)=C(c3cc(CCCC)cc(CCCC)c3)[N+]2=[N-])c1. The number of aryl methyl sites for hydroxylation is 4. The Labute approximate surface area is 541 Å². The van der Waals surface area contributed by atoms with E-state index in [4.69, 9.17) is 0 Å². The Kier molecular flexibility index (Phi) is 55.8. The van der Waals surface area contributed by atoms with Crippen molar-refractivity contribution in [1.82, 2.24) is 0 Å². The quantitative estimate of drug-likeness (QED) is 0.0358. The van der Waals surface area contributed by atoms with Gasteiger partial charge in [-0.1, -0.05) is 228 Å². The third-order valence-electron chi connectivity index (χ3n) is 18.5. The molecule has 0 saturated heterocycles. The number of benzene rings is 2. The van der Waals surface area contributed by atoms with Gasteiger partial charge in [-0.3, -0.25) is 0 Å². The van der Waals surface area contributed by atoms with Gasteiger partial charge >= 0.3 is 169 Å². The van der Waals surface area contributed by atoms with E-state index in [9.17, 15) is 5.53 Å². The minimum Gasteiger partial charge on any atom is -0.493 e. The summed E-state index contributed by atoms with van der Waals surface area (Å²) in [7, 11) is 0. The van der Waals surface area contributed by atoms with E-state index in [0.717, 1.165) is 72.6 Å². The summed E-state index contributed by atoms with van der Waals surface area (Å²) < 4.78 is 1.49. The van der Waals surface area contributed by atoms with Gasteiger partial charge in [0, 0.05) is 22.8 Å². The van der Waals surface area contributed by atoms with E-state index < -0.39 is 0 Å². The molecule has 0 atom stereocenters. The first-order valence-electron chi connectivity index (χ1n) is 38.6. The van der Waals surface area contributed by atoms with Crippen molar-refractivity contribution in [2.24, 2.45) is 0 Å². The fraction of sp³-hybridized carbons (Fsp3) is 0.805. The second-order valence-electron chi connectivity index (χ2n) is 26.9. The van der Waals surface area contributed by atoms with Gasteiger partial charge < -0.3 is 5.53 Å². The molecule has 494 valence electrons. The number of rotatable bonds is 61. The van der Waals surface area contributed by atoms with Crippen LogP contribution in [0.5, 0.6) is 0 Å². The van der Waals surface area contributed by atoms with Crippen LogP contribution in [0.25, 0.3) is 16.9 Å². The first kappa shape index (κ1) is 79.3. The predicted molar refractivity (Wildman–Crippen MR) is 380 cm³/mol. The van der Waals surface area contributed by atoms with Gasteiger partial charge in [0.2, 0.25) is 11.4 Å². The summed E-state index contributed by atoms with van der Waals surface area (Å²) in [6.07, 6.45) is 82.7. The van der Waals surface area contributed by atoms with E-state index in [-0.39, 0.29) is 0 Å². The minimum absolute atomic E-state index is 0.900. The van der Waals surface area contributed by atoms with E-state index in [1.54, 1.807) is 9.79 Å². The third-order valence-corrected chi connectivity index (χ3v) is 20.7. The molecule has 3 rings (SSSR count). The van der Waals surface area contributed by atoms with Crippen LogP contribution in [0.4, 0.5) is 0 Å². The molecule has 0 bridgehead atoms. The molecular formula is C82H146N2Pd. The zero-order chi connectivity index (χ0) is 61.1. The summed E-state index contributed by atoms with van der Waals surface area (Å²) >= 11 is 1.06. The molecule has 1 aliphatic heterocycles. The van der Waals surface area contributed by atoms with Crippen LogP contribution < -0.4 is 0 Å². The number of hydrogen-bond acceptors (Lipinski definition) is 0. The van der Waals surface area contributed by atoms with Crippen LogP contribution >= 0.6 is 0 Å². The van der Waals surface area contributed by atoms with Crippen molar-refractivity contribution in [1.29, 1.82) is 0 Å². The van der Waals surface area contributed by atoms with Gasteiger partial charge in [0.15, 0.2) is 0 Å². The van der Waals surface area contributed by atoms with Crippen molar-refractivity contribution >= 4 is 11.4 Å². The van der Waals surface area contributed by atoms with Crippen LogP contribution in [-0.4, -0.2) is 4.70 Å². The fourth-order valence-electron chi connectivity index (χ4n) is 12.9. The average molecular weight is 1270 g/mol. The Morgan fingerprint density at radius 3 is 0.729 bits per heavy atom. The second-order valence-corrected chi connectivity index (χ2v) is 29.2. The first-order chi connectivity index (χ1) is 42.0. The van der Waals surface area contributed by atoms with Crippen molar-refractivity contribution in [3.63, 3.8) is 0 Å². The van der Waals surface area contributed by atoms with Gasteiger partial charge in [-0.25, -0.2) is 4.70 Å². The Bertz CT molecular complexity index is 1770. The molecular weight excluding hydrogens is 1120 g/mol. The van der Waals surface area contributed by atoms with Crippen molar-refractivity contribution in [2.45, 2.75) is 424 Å². The molecule has 0 unspecified atom stereocenters. The predicted octanol–water partition coefficient (Wildman–Crippen LogP) is 29.4. The topological polar surface area (TPSA) is 25.3 Å². The summed E-state index contributed by atoms with van der Waals surface area (Å²) in [4.78, 5) is 3.10. The van der Waals surface area contributed by atoms with Crippen molar-refractivity contribution in [3.05, 3.63) is 87.0 Å². The summed E-state index contributed by atoms with van der Waals surface area (Å²) in [5, 5.41) is 0. The molecule has 3 heteroatoms. The Morgan fingerprint density at radius 2 is 0.494 bits per heavy atom. The maximum absolute atomic E-state index is 11.6. The normalized spacial score (nSPS) is 12.5. The van der Waals surface area contributed by atoms with E-state index in [1.807, 2.05) is 0 Å². The van der Waals surface area contributed by atoms with E-state index in [0.29, 0.717) is 0 Å². The van der Waals surface area contributed by atoms with Gasteiger partial charge in [0.25, 0.3) is 0 Å². The molecule has 0 fully saturated rings. The van der Waals surface area contributed by atoms with Gasteiger partial charge in [-0.2, -0.15) is 0 Å². The van der Waals surface area contributed by atoms with Crippen molar-refractivity contribution < 1.29 is 22.7 Å². The average Bonchev–Trinajstić information content (AvgIpc) is 3.93. The zero-order valence-corrected chi connectivity index (χ0v) is 60.0. The summed E-state index contributed by atoms with van der Waals surface area (Å²) in [6, 6.07) is 14.0. The maximum atomic E-state index is 11.6. The molecule has 0 saturated carbocycles. The number of allylic oxidation sites excluding steroid dienone is 2. The number of hydrogen-bond donors (Lipinski definition) is 0. The molecule has 0 radical (unpaired) electrons. The minimum atomic E-state index is 0.900. The molecule has 0 spiro atoms. The monoisotopic (exact) mass is 1270 g/mol. The van der Waals surface area contributed by atoms with Gasteiger partial charge in [0.1, 0.15) is 0 Å². The standard InChI is InChI=1S/C34H48N2.2C24H49.Pd/c1-6-11-15-26-19-27(16-12-7-2)22-31(21-26)33-25-30(10-5)34(36(33)35)32-23-28(17-13-8-3)20-29(24-32)18-14-9-4;2*1-3-5-7-9-11-13-15-17-19-21-23-24-22-20-18-16-14-12-10-8-6-4-2;/h19-25H,6-18H2,1-5H3;2*1,3-24H2,2H3;. The number of unbranched alkanes of at least 4 members (excludes halogenated alkanes) is 46. The zero-order valence-electron chi connectivity index (χ0n) is 58.5. The van der Waals surface area contributed by atoms with Crippen LogP contribution in [0, 0.1) is 0 Å². The first-order valence-corrected chi connectivity index (χ1v) is 40.8. The van der Waals surface area contributed by atoms with E-state index in [1.165, 1.54) is 366 Å². The second kappa shape index (κ2) is 59.8. The molecule has 0 amide bonds. The molecule has 2 nitrogen and oxygen atoms in total. The third kappa shape index (κ3) is 43.5. The molecule has 85 heavy (non-hydrogen) atoms. The molecule has 1 aliphatic rings. The Balaban J connectivity index is 0.000000605. The molecule has 2 aromatic carbocycles. The van der Waals surface area contributed by atoms with Crippen LogP contribution in [-0.2, 0) is 43.7 Å². The van der Waals surface area contributed by atoms with Crippen LogP contribution in [0.2, 0.25) is 9.79 Å². The van der Waals surface area contributed by atoms with Gasteiger partial charge in [-0.05, 0) is 104 Å². The molecule has 0 N–H and O–H groups in total. The fourth-order valence-corrected chi connectivity index (χ4v) is 14.8. The summed E-state index contributed by atoms with van der Waals surface area (Å²) in [5.41, 5.74) is 22.6. The summed E-state index contributed by atoms with van der Waals surface area (Å²) in [5.74, 6) is 0. The summed E-state index contributed by atoms with van der Waals surface area (Å²) in [6.45, 7) is 15.8. The van der Waals surface area contributed by atoms with Crippen LogP contribution in [0.15, 0.2) is 48.0 Å². The van der Waals surface area contributed by atoms with E-state index >= 15 is 0 Å². The smallest absolute Gasteiger partial charge is 0.493 e. The number of nitrogens with zero attached hydrogens (tertiary/aromatic N) is 2. The van der Waals surface area contributed by atoms with E-state index in [2.05, 4.69) is 90.9 Å². The van der Waals surface area contributed by atoms with Crippen molar-refractivity contribution in [2.75, 3.05) is 0 Å². The van der Waals surface area contributed by atoms with Gasteiger partial charge in [-0.15, -0.1) is 0 Å². The molecule has 0 aromatic heterocycles. The van der Waals surface area contributed by atoms with Gasteiger partial charge in [0.05, 0.1) is 0 Å².